The van der Waals surface area contributed by atoms with Gasteiger partial charge in [0.25, 0.3) is 0 Å². The van der Waals surface area contributed by atoms with Gasteiger partial charge in [0.1, 0.15) is 0 Å². The lowest BCUT2D eigenvalue weighted by Crippen LogP contribution is -2.36. The predicted molar refractivity (Wildman–Crippen MR) is 86.8 cm³/mol. The van der Waals surface area contributed by atoms with Gasteiger partial charge in [0.05, 0.1) is 0 Å². The van der Waals surface area contributed by atoms with Crippen molar-refractivity contribution in [3.05, 3.63) is 35.4 Å². The maximum Gasteiger partial charge on any atom is 0.0236 e. The van der Waals surface area contributed by atoms with E-state index in [1.165, 1.54) is 49.7 Å². The minimum Gasteiger partial charge on any atom is -0.330 e. The Balaban J connectivity index is 2.01. The Labute approximate surface area is 124 Å². The quantitative estimate of drug-likeness (QED) is 0.798. The van der Waals surface area contributed by atoms with E-state index in [1.807, 2.05) is 0 Å². The molecule has 2 nitrogen and oxygen atoms in total. The van der Waals surface area contributed by atoms with Crippen molar-refractivity contribution < 1.29 is 0 Å². The van der Waals surface area contributed by atoms with E-state index in [1.54, 1.807) is 0 Å². The van der Waals surface area contributed by atoms with Crippen LogP contribution in [-0.2, 0) is 6.54 Å². The number of rotatable bonds is 6. The number of nitrogens with zero attached hydrogens (tertiary/aromatic N) is 1. The summed E-state index contributed by atoms with van der Waals surface area (Å²) in [4.78, 5) is 2.69. The Bertz CT molecular complexity index is 381. The van der Waals surface area contributed by atoms with Crippen LogP contribution >= 0.6 is 0 Å². The van der Waals surface area contributed by atoms with E-state index in [2.05, 4.69) is 36.1 Å². The highest BCUT2D eigenvalue weighted by molar-refractivity contribution is 5.22. The monoisotopic (exact) mass is 274 g/mol. The van der Waals surface area contributed by atoms with Crippen LogP contribution in [0.25, 0.3) is 0 Å². The molecular weight excluding hydrogens is 244 g/mol. The average molecular weight is 274 g/mol. The Morgan fingerprint density at radius 3 is 2.55 bits per heavy atom. The van der Waals surface area contributed by atoms with Gasteiger partial charge in [-0.25, -0.2) is 0 Å². The van der Waals surface area contributed by atoms with Gasteiger partial charge in [0, 0.05) is 12.6 Å². The molecule has 0 radical (unpaired) electrons. The van der Waals surface area contributed by atoms with Crippen LogP contribution in [0, 0.1) is 6.92 Å². The van der Waals surface area contributed by atoms with E-state index < -0.39 is 0 Å². The zero-order chi connectivity index (χ0) is 14.2. The third kappa shape index (κ3) is 4.92. The molecule has 0 aromatic heterocycles. The minimum absolute atomic E-state index is 0.768. The highest BCUT2D eigenvalue weighted by Crippen LogP contribution is 2.23. The van der Waals surface area contributed by atoms with Crippen molar-refractivity contribution in [2.75, 3.05) is 13.1 Å². The fraction of sp³-hybridized carbons (Fsp3) is 0.667. The van der Waals surface area contributed by atoms with Crippen LogP contribution in [0.4, 0.5) is 0 Å². The summed E-state index contributed by atoms with van der Waals surface area (Å²) in [6.45, 7) is 5.22. The van der Waals surface area contributed by atoms with Crippen LogP contribution < -0.4 is 5.73 Å². The largest absolute Gasteiger partial charge is 0.330 e. The molecule has 0 spiro atoms. The number of hydrogen-bond donors (Lipinski definition) is 1. The Morgan fingerprint density at radius 2 is 1.90 bits per heavy atom. The van der Waals surface area contributed by atoms with Crippen molar-refractivity contribution in [2.45, 2.75) is 64.5 Å². The number of benzene rings is 1. The number of nitrogens with two attached hydrogens (primary N) is 1. The summed E-state index contributed by atoms with van der Waals surface area (Å²) in [5.41, 5.74) is 8.54. The second-order valence-electron chi connectivity index (χ2n) is 6.25. The lowest BCUT2D eigenvalue weighted by atomic mass is 10.0. The zero-order valence-corrected chi connectivity index (χ0v) is 13.0. The fourth-order valence-electron chi connectivity index (χ4n) is 3.35. The summed E-state index contributed by atoms with van der Waals surface area (Å²) in [5.74, 6) is 0. The fourth-order valence-corrected chi connectivity index (χ4v) is 3.35. The van der Waals surface area contributed by atoms with Gasteiger partial charge in [-0.1, -0.05) is 55.5 Å². The van der Waals surface area contributed by atoms with Gasteiger partial charge in [0.15, 0.2) is 0 Å². The Kier molecular flexibility index (Phi) is 6.55. The van der Waals surface area contributed by atoms with E-state index >= 15 is 0 Å². The topological polar surface area (TPSA) is 29.3 Å². The predicted octanol–water partition coefficient (Wildman–Crippen LogP) is 3.87. The van der Waals surface area contributed by atoms with Crippen LogP contribution in [0.3, 0.4) is 0 Å². The van der Waals surface area contributed by atoms with E-state index in [4.69, 9.17) is 5.73 Å². The number of aryl methyl sites for hydroxylation is 1. The van der Waals surface area contributed by atoms with E-state index in [0.717, 1.165) is 32.1 Å². The summed E-state index contributed by atoms with van der Waals surface area (Å²) in [6, 6.07) is 9.72. The molecule has 1 aliphatic rings. The molecule has 1 aromatic carbocycles. The van der Waals surface area contributed by atoms with Gasteiger partial charge in [-0.2, -0.15) is 0 Å². The highest BCUT2D eigenvalue weighted by Gasteiger charge is 2.19. The normalized spacial score (nSPS) is 17.4. The first-order chi connectivity index (χ1) is 9.79. The van der Waals surface area contributed by atoms with Crippen LogP contribution in [0.2, 0.25) is 0 Å². The standard InChI is InChI=1S/C18H30N2/c1-16-8-6-9-17(14-16)15-20(13-7-12-19)18-10-4-2-3-5-11-18/h6,8-9,14,18H,2-5,7,10-13,15,19H2,1H3. The zero-order valence-electron chi connectivity index (χ0n) is 13.0. The van der Waals surface area contributed by atoms with Gasteiger partial charge < -0.3 is 5.73 Å². The van der Waals surface area contributed by atoms with Crippen LogP contribution in [-0.4, -0.2) is 24.0 Å². The molecule has 20 heavy (non-hydrogen) atoms. The minimum atomic E-state index is 0.768. The van der Waals surface area contributed by atoms with Crippen molar-refractivity contribution in [2.24, 2.45) is 5.73 Å². The van der Waals surface area contributed by atoms with Crippen LogP contribution in [0.15, 0.2) is 24.3 Å². The highest BCUT2D eigenvalue weighted by atomic mass is 15.1. The summed E-state index contributed by atoms with van der Waals surface area (Å²) in [7, 11) is 0. The second kappa shape index (κ2) is 8.43. The molecule has 2 rings (SSSR count). The molecule has 1 aliphatic carbocycles. The summed E-state index contributed by atoms with van der Waals surface area (Å²) in [5, 5.41) is 0. The Hall–Kier alpha value is -0.860. The van der Waals surface area contributed by atoms with E-state index in [9.17, 15) is 0 Å². The molecule has 112 valence electrons. The molecule has 0 saturated heterocycles. The SMILES string of the molecule is Cc1cccc(CN(CCCN)C2CCCCCC2)c1. The van der Waals surface area contributed by atoms with Crippen LogP contribution in [0.1, 0.15) is 56.1 Å². The molecule has 1 fully saturated rings. The first-order valence-corrected chi connectivity index (χ1v) is 8.29. The first-order valence-electron chi connectivity index (χ1n) is 8.29. The first kappa shape index (κ1) is 15.5. The van der Waals surface area contributed by atoms with Crippen molar-refractivity contribution in [3.63, 3.8) is 0 Å². The molecule has 0 atom stereocenters. The van der Waals surface area contributed by atoms with Crippen LogP contribution in [0.5, 0.6) is 0 Å². The lowest BCUT2D eigenvalue weighted by Gasteiger charge is -2.31. The van der Waals surface area contributed by atoms with Gasteiger partial charge in [-0.05, 0) is 44.8 Å². The third-order valence-corrected chi connectivity index (χ3v) is 4.46. The molecule has 2 heteroatoms. The molecule has 0 bridgehead atoms. The molecule has 0 heterocycles. The Morgan fingerprint density at radius 1 is 1.15 bits per heavy atom. The van der Waals surface area contributed by atoms with Gasteiger partial charge in [0.2, 0.25) is 0 Å². The van der Waals surface area contributed by atoms with Crippen molar-refractivity contribution in [3.8, 4) is 0 Å². The molecular formula is C18H30N2. The molecule has 0 amide bonds. The molecule has 1 aromatic rings. The molecule has 0 unspecified atom stereocenters. The lowest BCUT2D eigenvalue weighted by molar-refractivity contribution is 0.169. The summed E-state index contributed by atoms with van der Waals surface area (Å²) in [6.07, 6.45) is 9.50. The molecule has 1 saturated carbocycles. The van der Waals surface area contributed by atoms with Crippen molar-refractivity contribution in [1.29, 1.82) is 0 Å². The maximum absolute atomic E-state index is 5.73. The number of hydrogen-bond acceptors (Lipinski definition) is 2. The van der Waals surface area contributed by atoms with Gasteiger partial charge in [-0.15, -0.1) is 0 Å². The molecule has 2 N–H and O–H groups in total. The van der Waals surface area contributed by atoms with E-state index in [0.29, 0.717) is 0 Å². The molecule has 0 aliphatic heterocycles. The van der Waals surface area contributed by atoms with Crippen molar-refractivity contribution >= 4 is 0 Å². The van der Waals surface area contributed by atoms with Gasteiger partial charge >= 0.3 is 0 Å². The maximum atomic E-state index is 5.73. The second-order valence-corrected chi connectivity index (χ2v) is 6.25. The summed E-state index contributed by atoms with van der Waals surface area (Å²) >= 11 is 0. The van der Waals surface area contributed by atoms with Crippen molar-refractivity contribution in [1.82, 2.24) is 4.90 Å². The smallest absolute Gasteiger partial charge is 0.0236 e. The average Bonchev–Trinajstić information content (AvgIpc) is 2.72. The third-order valence-electron chi connectivity index (χ3n) is 4.46. The van der Waals surface area contributed by atoms with E-state index in [-0.39, 0.29) is 0 Å². The van der Waals surface area contributed by atoms with Gasteiger partial charge in [-0.3, -0.25) is 4.90 Å². The summed E-state index contributed by atoms with van der Waals surface area (Å²) < 4.78 is 0.